The van der Waals surface area contributed by atoms with Gasteiger partial charge in [-0.2, -0.15) is 4.98 Å². The molecule has 0 spiro atoms. The van der Waals surface area contributed by atoms with Gasteiger partial charge in [-0.15, -0.1) is 12.4 Å². The van der Waals surface area contributed by atoms with Crippen LogP contribution in [0.2, 0.25) is 0 Å². The van der Waals surface area contributed by atoms with Crippen LogP contribution >= 0.6 is 24.2 Å². The minimum absolute atomic E-state index is 0. The van der Waals surface area contributed by atoms with Crippen LogP contribution in [0.25, 0.3) is 0 Å². The molecule has 2 N–H and O–H groups in total. The van der Waals surface area contributed by atoms with Crippen molar-refractivity contribution in [1.82, 2.24) is 14.9 Å². The standard InChI is InChI=1S/C11H19N3O2S.ClH/c1-7(2)8-9(15)12-11(13-10(8)16)17-6-5-14(3)4;/h7H,5-6H2,1-4H3,(H2,12,13,15,16);1H. The molecule has 0 saturated carbocycles. The number of aromatic hydroxyl groups is 1. The van der Waals surface area contributed by atoms with Crippen LogP contribution in [0.15, 0.2) is 9.95 Å². The average molecular weight is 294 g/mol. The molecule has 1 aromatic heterocycles. The van der Waals surface area contributed by atoms with Gasteiger partial charge >= 0.3 is 0 Å². The van der Waals surface area contributed by atoms with Gasteiger partial charge < -0.3 is 15.0 Å². The van der Waals surface area contributed by atoms with E-state index in [1.165, 1.54) is 11.8 Å². The first-order chi connectivity index (χ1) is 7.91. The lowest BCUT2D eigenvalue weighted by atomic mass is 10.1. The normalized spacial score (nSPS) is 10.8. The Hall–Kier alpha value is -0.720. The van der Waals surface area contributed by atoms with Crippen LogP contribution in [0.1, 0.15) is 25.3 Å². The van der Waals surface area contributed by atoms with Gasteiger partial charge in [0.15, 0.2) is 5.16 Å². The molecule has 0 atom stereocenters. The fraction of sp³-hybridized carbons (Fsp3) is 0.636. The van der Waals surface area contributed by atoms with Crippen molar-refractivity contribution in [2.45, 2.75) is 24.9 Å². The van der Waals surface area contributed by atoms with Gasteiger partial charge in [0.2, 0.25) is 5.88 Å². The van der Waals surface area contributed by atoms with Crippen LogP contribution in [0.5, 0.6) is 5.88 Å². The Morgan fingerprint density at radius 3 is 2.50 bits per heavy atom. The molecule has 1 rings (SSSR count). The van der Waals surface area contributed by atoms with Crippen LogP contribution < -0.4 is 5.56 Å². The number of nitrogens with zero attached hydrogens (tertiary/aromatic N) is 2. The Morgan fingerprint density at radius 2 is 2.06 bits per heavy atom. The number of halogens is 1. The van der Waals surface area contributed by atoms with Gasteiger partial charge in [-0.3, -0.25) is 4.79 Å². The Labute approximate surface area is 117 Å². The number of thioether (sulfide) groups is 1. The Kier molecular flexibility index (Phi) is 7.35. The topological polar surface area (TPSA) is 69.2 Å². The Balaban J connectivity index is 0.00000289. The monoisotopic (exact) mass is 293 g/mol. The van der Waals surface area contributed by atoms with Gasteiger partial charge in [-0.1, -0.05) is 25.6 Å². The quantitative estimate of drug-likeness (QED) is 0.638. The third-order valence-corrected chi connectivity index (χ3v) is 3.12. The molecule has 0 aliphatic rings. The summed E-state index contributed by atoms with van der Waals surface area (Å²) >= 11 is 1.43. The summed E-state index contributed by atoms with van der Waals surface area (Å²) in [7, 11) is 3.96. The van der Waals surface area contributed by atoms with Crippen molar-refractivity contribution < 1.29 is 5.11 Å². The van der Waals surface area contributed by atoms with Crippen LogP contribution in [0.3, 0.4) is 0 Å². The molecule has 0 unspecified atom stereocenters. The first-order valence-corrected chi connectivity index (χ1v) is 6.51. The summed E-state index contributed by atoms with van der Waals surface area (Å²) in [6.07, 6.45) is 0. The second kappa shape index (κ2) is 7.66. The molecule has 104 valence electrons. The van der Waals surface area contributed by atoms with Crippen molar-refractivity contribution in [2.24, 2.45) is 0 Å². The predicted octanol–water partition coefficient (Wildman–Crippen LogP) is 1.67. The maximum Gasteiger partial charge on any atom is 0.258 e. The van der Waals surface area contributed by atoms with Gasteiger partial charge in [-0.05, 0) is 20.0 Å². The smallest absolute Gasteiger partial charge is 0.258 e. The highest BCUT2D eigenvalue weighted by molar-refractivity contribution is 7.99. The van der Waals surface area contributed by atoms with Crippen molar-refractivity contribution in [3.05, 3.63) is 15.9 Å². The van der Waals surface area contributed by atoms with E-state index in [9.17, 15) is 9.90 Å². The van der Waals surface area contributed by atoms with Crippen molar-refractivity contribution in [2.75, 3.05) is 26.4 Å². The molecule has 0 saturated heterocycles. The van der Waals surface area contributed by atoms with Gasteiger partial charge in [-0.25, -0.2) is 0 Å². The summed E-state index contributed by atoms with van der Waals surface area (Å²) in [6.45, 7) is 4.59. The minimum atomic E-state index is -0.250. The van der Waals surface area contributed by atoms with E-state index >= 15 is 0 Å². The number of H-pyrrole nitrogens is 1. The minimum Gasteiger partial charge on any atom is -0.493 e. The molecule has 0 amide bonds. The van der Waals surface area contributed by atoms with Crippen LogP contribution in [0, 0.1) is 0 Å². The number of aromatic nitrogens is 2. The molecule has 0 aliphatic carbocycles. The third kappa shape index (κ3) is 4.88. The third-order valence-electron chi connectivity index (χ3n) is 2.27. The summed E-state index contributed by atoms with van der Waals surface area (Å²) in [6, 6.07) is 0. The molecule has 1 aromatic rings. The zero-order valence-corrected chi connectivity index (χ0v) is 12.7. The molecule has 18 heavy (non-hydrogen) atoms. The summed E-state index contributed by atoms with van der Waals surface area (Å²) in [5.41, 5.74) is 0.0989. The molecular formula is C11H20ClN3O2S. The fourth-order valence-corrected chi connectivity index (χ4v) is 2.33. The molecule has 0 aromatic carbocycles. The SMILES string of the molecule is CC(C)c1c(O)nc(SCCN(C)C)[nH]c1=O.Cl. The summed E-state index contributed by atoms with van der Waals surface area (Å²) in [4.78, 5) is 20.5. The highest BCUT2D eigenvalue weighted by atomic mass is 35.5. The number of hydrogen-bond donors (Lipinski definition) is 2. The van der Waals surface area contributed by atoms with Crippen LogP contribution in [0.4, 0.5) is 0 Å². The maximum atomic E-state index is 11.7. The van der Waals surface area contributed by atoms with E-state index < -0.39 is 0 Å². The van der Waals surface area contributed by atoms with E-state index in [-0.39, 0.29) is 29.8 Å². The predicted molar refractivity (Wildman–Crippen MR) is 77.1 cm³/mol. The van der Waals surface area contributed by atoms with Crippen molar-refractivity contribution in [3.8, 4) is 5.88 Å². The van der Waals surface area contributed by atoms with Crippen molar-refractivity contribution in [3.63, 3.8) is 0 Å². The molecular weight excluding hydrogens is 274 g/mol. The van der Waals surface area contributed by atoms with Crippen LogP contribution in [-0.4, -0.2) is 46.4 Å². The number of rotatable bonds is 5. The Bertz CT molecular complexity index is 435. The number of hydrogen-bond acceptors (Lipinski definition) is 5. The van der Waals surface area contributed by atoms with E-state index in [0.717, 1.165) is 12.3 Å². The molecule has 5 nitrogen and oxygen atoms in total. The van der Waals surface area contributed by atoms with Crippen LogP contribution in [-0.2, 0) is 0 Å². The van der Waals surface area contributed by atoms with E-state index in [1.54, 1.807) is 0 Å². The highest BCUT2D eigenvalue weighted by Gasteiger charge is 2.14. The largest absolute Gasteiger partial charge is 0.493 e. The van der Waals surface area contributed by atoms with Gasteiger partial charge in [0.1, 0.15) is 0 Å². The molecule has 0 bridgehead atoms. The van der Waals surface area contributed by atoms with Gasteiger partial charge in [0.05, 0.1) is 5.56 Å². The lowest BCUT2D eigenvalue weighted by molar-refractivity contribution is 0.431. The Morgan fingerprint density at radius 1 is 1.44 bits per heavy atom. The zero-order valence-electron chi connectivity index (χ0n) is 11.1. The molecule has 1 heterocycles. The first-order valence-electron chi connectivity index (χ1n) is 5.52. The van der Waals surface area contributed by atoms with Crippen molar-refractivity contribution >= 4 is 24.2 Å². The molecule has 0 aliphatic heterocycles. The highest BCUT2D eigenvalue weighted by Crippen LogP contribution is 2.21. The zero-order chi connectivity index (χ0) is 13.0. The number of aromatic amines is 1. The second-order valence-corrected chi connectivity index (χ2v) is 5.50. The van der Waals surface area contributed by atoms with E-state index in [4.69, 9.17) is 0 Å². The lowest BCUT2D eigenvalue weighted by Gasteiger charge is -2.10. The maximum absolute atomic E-state index is 11.7. The lowest BCUT2D eigenvalue weighted by Crippen LogP contribution is -2.18. The molecule has 0 radical (unpaired) electrons. The fourth-order valence-electron chi connectivity index (χ4n) is 1.36. The number of nitrogens with one attached hydrogen (secondary N) is 1. The first kappa shape index (κ1) is 17.3. The summed E-state index contributed by atoms with van der Waals surface area (Å²) in [5, 5.41) is 10.2. The second-order valence-electron chi connectivity index (χ2n) is 4.41. The van der Waals surface area contributed by atoms with Gasteiger partial charge in [0.25, 0.3) is 5.56 Å². The summed E-state index contributed by atoms with van der Waals surface area (Å²) in [5.74, 6) is 0.624. The van der Waals surface area contributed by atoms with E-state index in [0.29, 0.717) is 10.7 Å². The summed E-state index contributed by atoms with van der Waals surface area (Å²) < 4.78 is 0. The molecule has 7 heteroatoms. The van der Waals surface area contributed by atoms with E-state index in [1.807, 2.05) is 32.8 Å². The average Bonchev–Trinajstić information content (AvgIpc) is 2.14. The van der Waals surface area contributed by atoms with Gasteiger partial charge in [0, 0.05) is 12.3 Å². The molecule has 0 fully saturated rings. The van der Waals surface area contributed by atoms with Crippen molar-refractivity contribution in [1.29, 1.82) is 0 Å². The van der Waals surface area contributed by atoms with E-state index in [2.05, 4.69) is 9.97 Å².